The van der Waals surface area contributed by atoms with Crippen molar-refractivity contribution in [2.75, 3.05) is 5.32 Å². The van der Waals surface area contributed by atoms with Crippen molar-refractivity contribution in [1.82, 2.24) is 5.32 Å². The molecule has 4 nitrogen and oxygen atoms in total. The van der Waals surface area contributed by atoms with Crippen LogP contribution in [-0.4, -0.2) is 11.0 Å². The van der Waals surface area contributed by atoms with Gasteiger partial charge in [0.1, 0.15) is 16.9 Å². The number of amides is 1. The van der Waals surface area contributed by atoms with Crippen molar-refractivity contribution in [3.05, 3.63) is 45.8 Å². The van der Waals surface area contributed by atoms with Gasteiger partial charge in [-0.1, -0.05) is 19.1 Å². The van der Waals surface area contributed by atoms with E-state index in [1.165, 1.54) is 10.4 Å². The van der Waals surface area contributed by atoms with E-state index in [1.807, 2.05) is 12.1 Å². The van der Waals surface area contributed by atoms with Crippen molar-refractivity contribution in [2.45, 2.75) is 32.4 Å². The van der Waals surface area contributed by atoms with E-state index in [4.69, 9.17) is 0 Å². The Morgan fingerprint density at radius 3 is 2.77 bits per heavy atom. The molecule has 114 valence electrons. The Morgan fingerprint density at radius 2 is 2.00 bits per heavy atom. The number of anilines is 1. The number of carbonyl (C=O) groups excluding carboxylic acids is 1. The molecule has 3 N–H and O–H groups in total. The molecule has 2 aliphatic rings. The second kappa shape index (κ2) is 5.02. The third-order valence-electron chi connectivity index (χ3n) is 4.52. The molecule has 1 amide bonds. The molecule has 4 rings (SSSR count). The number of phenols is 1. The molecule has 2 aromatic rings. The number of fused-ring (bicyclic) bond motifs is 3. The average molecular weight is 314 g/mol. The molecule has 0 bridgehead atoms. The summed E-state index contributed by atoms with van der Waals surface area (Å²) in [6.45, 7) is 2.27. The van der Waals surface area contributed by atoms with Crippen LogP contribution in [0.1, 0.15) is 45.9 Å². The van der Waals surface area contributed by atoms with E-state index in [0.717, 1.165) is 35.4 Å². The second-order valence-corrected chi connectivity index (χ2v) is 7.30. The number of thiophene rings is 1. The van der Waals surface area contributed by atoms with Crippen molar-refractivity contribution in [1.29, 1.82) is 0 Å². The summed E-state index contributed by atoms with van der Waals surface area (Å²) in [5, 5.41) is 16.9. The van der Waals surface area contributed by atoms with Crippen LogP contribution in [0.15, 0.2) is 24.3 Å². The van der Waals surface area contributed by atoms with Crippen LogP contribution in [-0.2, 0) is 12.8 Å². The molecule has 1 aromatic heterocycles. The number of hydrogen-bond donors (Lipinski definition) is 3. The topological polar surface area (TPSA) is 61.4 Å². The van der Waals surface area contributed by atoms with Gasteiger partial charge in [-0.15, -0.1) is 11.3 Å². The zero-order valence-electron chi connectivity index (χ0n) is 12.3. The van der Waals surface area contributed by atoms with Gasteiger partial charge in [-0.3, -0.25) is 4.79 Å². The first-order chi connectivity index (χ1) is 10.6. The van der Waals surface area contributed by atoms with Gasteiger partial charge in [0.15, 0.2) is 0 Å². The first-order valence-corrected chi connectivity index (χ1v) is 8.44. The van der Waals surface area contributed by atoms with Gasteiger partial charge in [0.2, 0.25) is 0 Å². The Kier molecular flexibility index (Phi) is 3.11. The van der Waals surface area contributed by atoms with Gasteiger partial charge in [0, 0.05) is 4.88 Å². The third kappa shape index (κ3) is 2.16. The van der Waals surface area contributed by atoms with Crippen LogP contribution in [0.5, 0.6) is 5.75 Å². The van der Waals surface area contributed by atoms with Crippen LogP contribution in [0.2, 0.25) is 0 Å². The van der Waals surface area contributed by atoms with Crippen molar-refractivity contribution in [3.63, 3.8) is 0 Å². The number of phenolic OH excluding ortho intramolecular Hbond substituents is 1. The molecule has 5 heteroatoms. The quantitative estimate of drug-likeness (QED) is 0.756. The van der Waals surface area contributed by atoms with Crippen LogP contribution >= 0.6 is 11.3 Å². The Balaban J connectivity index is 1.69. The van der Waals surface area contributed by atoms with E-state index in [0.29, 0.717) is 5.92 Å². The van der Waals surface area contributed by atoms with Crippen molar-refractivity contribution in [3.8, 4) is 5.75 Å². The zero-order chi connectivity index (χ0) is 15.3. The monoisotopic (exact) mass is 314 g/mol. The highest BCUT2D eigenvalue weighted by Gasteiger charge is 2.32. The number of benzene rings is 1. The minimum absolute atomic E-state index is 0.0129. The predicted octanol–water partition coefficient (Wildman–Crippen LogP) is 3.43. The second-order valence-electron chi connectivity index (χ2n) is 6.20. The maximum absolute atomic E-state index is 12.6. The van der Waals surface area contributed by atoms with Crippen molar-refractivity contribution in [2.24, 2.45) is 5.92 Å². The van der Waals surface area contributed by atoms with E-state index < -0.39 is 0 Å². The standard InChI is InChI=1S/C17H18N2O2S/c1-9-2-7-12-13(8-9)22-17-14(12)16(21)18-15(19-17)10-3-5-11(20)6-4-10/h3-6,9,15,19-20H,2,7-8H2,1H3,(H,18,21)/t9-,15+/m0/s1. The molecule has 22 heavy (non-hydrogen) atoms. The Bertz CT molecular complexity index is 736. The normalized spacial score (nSPS) is 23.2. The van der Waals surface area contributed by atoms with Gasteiger partial charge in [-0.2, -0.15) is 0 Å². The van der Waals surface area contributed by atoms with Gasteiger partial charge in [0.25, 0.3) is 5.91 Å². The fraction of sp³-hybridized carbons (Fsp3) is 0.353. The summed E-state index contributed by atoms with van der Waals surface area (Å²) in [5.74, 6) is 0.939. The summed E-state index contributed by atoms with van der Waals surface area (Å²) in [7, 11) is 0. The molecular formula is C17H18N2O2S. The molecule has 0 unspecified atom stereocenters. The summed E-state index contributed by atoms with van der Waals surface area (Å²) < 4.78 is 0. The van der Waals surface area contributed by atoms with Crippen LogP contribution in [0.25, 0.3) is 0 Å². The predicted molar refractivity (Wildman–Crippen MR) is 87.4 cm³/mol. The van der Waals surface area contributed by atoms with E-state index in [9.17, 15) is 9.90 Å². The molecular weight excluding hydrogens is 296 g/mol. The number of rotatable bonds is 1. The molecule has 0 saturated heterocycles. The maximum atomic E-state index is 12.6. The number of aromatic hydroxyl groups is 1. The van der Waals surface area contributed by atoms with E-state index in [2.05, 4.69) is 17.6 Å². The van der Waals surface area contributed by atoms with Crippen LogP contribution < -0.4 is 10.6 Å². The van der Waals surface area contributed by atoms with Crippen LogP contribution in [0.3, 0.4) is 0 Å². The highest BCUT2D eigenvalue weighted by Crippen LogP contribution is 2.42. The van der Waals surface area contributed by atoms with E-state index >= 15 is 0 Å². The fourth-order valence-corrected chi connectivity index (χ4v) is 4.73. The zero-order valence-corrected chi connectivity index (χ0v) is 13.2. The molecule has 2 heterocycles. The molecule has 1 aliphatic heterocycles. The average Bonchev–Trinajstić information content (AvgIpc) is 2.85. The first-order valence-electron chi connectivity index (χ1n) is 7.62. The first kappa shape index (κ1) is 13.6. The third-order valence-corrected chi connectivity index (χ3v) is 5.70. The summed E-state index contributed by atoms with van der Waals surface area (Å²) in [5.41, 5.74) is 3.03. The largest absolute Gasteiger partial charge is 0.508 e. The number of hydrogen-bond acceptors (Lipinski definition) is 4. The summed E-state index contributed by atoms with van der Waals surface area (Å²) in [6, 6.07) is 6.93. The summed E-state index contributed by atoms with van der Waals surface area (Å²) in [4.78, 5) is 13.9. The van der Waals surface area contributed by atoms with Crippen molar-refractivity contribution < 1.29 is 9.90 Å². The van der Waals surface area contributed by atoms with Gasteiger partial charge in [-0.25, -0.2) is 0 Å². The SMILES string of the molecule is C[C@H]1CCc2c(sc3c2C(=O)N[C@@H](c2ccc(O)cc2)N3)C1. The lowest BCUT2D eigenvalue weighted by atomic mass is 9.88. The highest BCUT2D eigenvalue weighted by atomic mass is 32.1. The van der Waals surface area contributed by atoms with Crippen LogP contribution in [0, 0.1) is 5.92 Å². The van der Waals surface area contributed by atoms with Gasteiger partial charge in [0.05, 0.1) is 5.56 Å². The fourth-order valence-electron chi connectivity index (χ4n) is 3.30. The summed E-state index contributed by atoms with van der Waals surface area (Å²) >= 11 is 1.73. The molecule has 2 atom stereocenters. The van der Waals surface area contributed by atoms with Crippen molar-refractivity contribution >= 4 is 22.2 Å². The van der Waals surface area contributed by atoms with E-state index in [-0.39, 0.29) is 17.8 Å². The summed E-state index contributed by atoms with van der Waals surface area (Å²) in [6.07, 6.45) is 3.00. The highest BCUT2D eigenvalue weighted by molar-refractivity contribution is 7.16. The molecule has 0 radical (unpaired) electrons. The maximum Gasteiger partial charge on any atom is 0.256 e. The lowest BCUT2D eigenvalue weighted by Crippen LogP contribution is -2.38. The van der Waals surface area contributed by atoms with E-state index in [1.54, 1.807) is 23.5 Å². The molecule has 0 spiro atoms. The molecule has 1 aliphatic carbocycles. The minimum atomic E-state index is -0.238. The van der Waals surface area contributed by atoms with Gasteiger partial charge < -0.3 is 15.7 Å². The molecule has 0 fully saturated rings. The Hall–Kier alpha value is -2.01. The number of carbonyl (C=O) groups is 1. The molecule has 0 saturated carbocycles. The smallest absolute Gasteiger partial charge is 0.256 e. The minimum Gasteiger partial charge on any atom is -0.508 e. The Morgan fingerprint density at radius 1 is 1.23 bits per heavy atom. The lowest BCUT2D eigenvalue weighted by Gasteiger charge is -2.27. The van der Waals surface area contributed by atoms with Gasteiger partial charge >= 0.3 is 0 Å². The molecule has 1 aromatic carbocycles. The van der Waals surface area contributed by atoms with Crippen LogP contribution in [0.4, 0.5) is 5.00 Å². The lowest BCUT2D eigenvalue weighted by molar-refractivity contribution is 0.0935. The number of nitrogens with one attached hydrogen (secondary N) is 2. The van der Waals surface area contributed by atoms with Gasteiger partial charge in [-0.05, 0) is 48.4 Å². The Labute approximate surface area is 133 Å².